The van der Waals surface area contributed by atoms with E-state index in [4.69, 9.17) is 10.5 Å². The molecule has 4 rings (SSSR count). The van der Waals surface area contributed by atoms with Crippen LogP contribution in [-0.4, -0.2) is 40.2 Å². The molecule has 1 unspecified atom stereocenters. The molecule has 0 saturated heterocycles. The minimum absolute atomic E-state index is 0. The SMILES string of the molecule is COC(=O)C(Cc1ccccc1)Nc1n[n+]#cs1.Cl.NC(=O)c1ccc2cccnc2c1O. The molecule has 2 aromatic carbocycles. The summed E-state index contributed by atoms with van der Waals surface area (Å²) in [5.41, 5.74) is 9.24. The van der Waals surface area contributed by atoms with Gasteiger partial charge in [0.15, 0.2) is 10.8 Å². The molecule has 170 valence electrons. The first kappa shape index (κ1) is 25.3. The minimum Gasteiger partial charge on any atom is -0.505 e. The number of methoxy groups -OCH3 is 1. The fourth-order valence-electron chi connectivity index (χ4n) is 2.87. The van der Waals surface area contributed by atoms with Gasteiger partial charge in [0.2, 0.25) is 0 Å². The van der Waals surface area contributed by atoms with Gasteiger partial charge < -0.3 is 20.9 Å². The van der Waals surface area contributed by atoms with E-state index in [1.807, 2.05) is 30.3 Å². The van der Waals surface area contributed by atoms with Crippen molar-refractivity contribution in [1.82, 2.24) is 10.1 Å². The van der Waals surface area contributed by atoms with Gasteiger partial charge in [0.05, 0.1) is 12.7 Å². The van der Waals surface area contributed by atoms with E-state index in [0.717, 1.165) is 10.9 Å². The number of esters is 1. The second kappa shape index (κ2) is 12.2. The average molecular weight is 487 g/mol. The van der Waals surface area contributed by atoms with Gasteiger partial charge in [-0.25, -0.2) is 4.79 Å². The quantitative estimate of drug-likeness (QED) is 0.352. The lowest BCUT2D eigenvalue weighted by Crippen LogP contribution is -2.33. The monoisotopic (exact) mass is 486 g/mol. The summed E-state index contributed by atoms with van der Waals surface area (Å²) in [4.78, 5) is 26.6. The molecule has 2 aromatic heterocycles. The maximum Gasteiger partial charge on any atom is 0.426 e. The molecule has 0 aliphatic rings. The Balaban J connectivity index is 0.000000233. The van der Waals surface area contributed by atoms with Crippen LogP contribution in [-0.2, 0) is 16.0 Å². The van der Waals surface area contributed by atoms with Crippen molar-refractivity contribution in [3.8, 4) is 5.75 Å². The zero-order valence-electron chi connectivity index (χ0n) is 17.5. The number of nitrogens with one attached hydrogen (secondary N) is 1. The number of carbonyl (C=O) groups is 2. The van der Waals surface area contributed by atoms with Crippen molar-refractivity contribution in [1.29, 1.82) is 0 Å². The Bertz CT molecular complexity index is 1190. The Hall–Kier alpha value is -3.94. The number of anilines is 1. The fourth-order valence-corrected chi connectivity index (χ4v) is 3.32. The number of pyridine rings is 1. The topological polar surface area (TPSA) is 142 Å². The van der Waals surface area contributed by atoms with Crippen LogP contribution in [0.2, 0.25) is 0 Å². The molecule has 2 heterocycles. The van der Waals surface area contributed by atoms with Crippen molar-refractivity contribution < 1.29 is 24.5 Å². The number of aromatic hydroxyl groups is 1. The molecule has 0 radical (unpaired) electrons. The van der Waals surface area contributed by atoms with Crippen molar-refractivity contribution in [2.45, 2.75) is 12.5 Å². The molecule has 0 saturated carbocycles. The van der Waals surface area contributed by atoms with Crippen LogP contribution >= 0.6 is 23.7 Å². The summed E-state index contributed by atoms with van der Waals surface area (Å²) in [5, 5.41) is 21.4. The lowest BCUT2D eigenvalue weighted by atomic mass is 10.1. The number of fused-ring (bicyclic) bond motifs is 1. The summed E-state index contributed by atoms with van der Waals surface area (Å²) < 4.78 is 4.78. The predicted molar refractivity (Wildman–Crippen MR) is 125 cm³/mol. The van der Waals surface area contributed by atoms with E-state index in [0.29, 0.717) is 17.1 Å². The summed E-state index contributed by atoms with van der Waals surface area (Å²) in [6.07, 6.45) is 2.08. The molecule has 0 spiro atoms. The highest BCUT2D eigenvalue weighted by Gasteiger charge is 2.22. The van der Waals surface area contributed by atoms with Gasteiger partial charge in [0.1, 0.15) is 16.7 Å². The van der Waals surface area contributed by atoms with Crippen LogP contribution in [0, 0.1) is 5.51 Å². The van der Waals surface area contributed by atoms with Gasteiger partial charge in [0.25, 0.3) is 11.0 Å². The largest absolute Gasteiger partial charge is 0.505 e. The van der Waals surface area contributed by atoms with E-state index in [1.54, 1.807) is 24.4 Å². The first-order chi connectivity index (χ1) is 15.5. The number of ether oxygens (including phenoxy) is 1. The number of aromatic nitrogens is 3. The minimum atomic E-state index is -0.657. The van der Waals surface area contributed by atoms with E-state index < -0.39 is 11.9 Å². The molecule has 0 bridgehead atoms. The zero-order valence-corrected chi connectivity index (χ0v) is 19.1. The Morgan fingerprint density at radius 1 is 1.21 bits per heavy atom. The molecule has 4 N–H and O–H groups in total. The standard InChI is InChI=1S/C12H12N3O2S.C10H8N2O2.ClH/c1-17-11(16)10(14-12-15-13-8-18-12)7-9-5-3-2-4-6-9;11-10(14)7-4-3-6-2-1-5-12-8(6)9(7)13;/h2-6,10H,7H2,1H3,(H,14,15);1-5,13H,(H2,11,14);1H/q+1;;. The van der Waals surface area contributed by atoms with E-state index in [1.165, 1.54) is 24.5 Å². The Kier molecular flexibility index (Phi) is 9.35. The van der Waals surface area contributed by atoms with Gasteiger partial charge in [-0.15, -0.1) is 12.4 Å². The molecule has 0 fully saturated rings. The Morgan fingerprint density at radius 3 is 2.61 bits per heavy atom. The van der Waals surface area contributed by atoms with Crippen molar-refractivity contribution in [3.63, 3.8) is 0 Å². The van der Waals surface area contributed by atoms with Crippen LogP contribution in [0.5, 0.6) is 5.75 Å². The molecule has 33 heavy (non-hydrogen) atoms. The molecule has 1 atom stereocenters. The number of primary amides is 1. The molecule has 9 nitrogen and oxygen atoms in total. The van der Waals surface area contributed by atoms with Crippen molar-refractivity contribution in [3.05, 3.63) is 77.4 Å². The molecule has 0 aliphatic carbocycles. The third-order valence-corrected chi connectivity index (χ3v) is 4.97. The summed E-state index contributed by atoms with van der Waals surface area (Å²) in [7, 11) is 1.37. The number of halogens is 1. The number of hydrogen-bond donors (Lipinski definition) is 3. The van der Waals surface area contributed by atoms with Crippen LogP contribution in [0.4, 0.5) is 5.13 Å². The normalized spacial score (nSPS) is 10.6. The van der Waals surface area contributed by atoms with E-state index in [9.17, 15) is 14.7 Å². The maximum absolute atomic E-state index is 11.7. The van der Waals surface area contributed by atoms with Crippen molar-refractivity contribution in [2.24, 2.45) is 5.73 Å². The molecule has 0 aliphatic heterocycles. The van der Waals surface area contributed by atoms with Crippen LogP contribution < -0.4 is 16.1 Å². The third kappa shape index (κ3) is 6.77. The van der Waals surface area contributed by atoms with Crippen LogP contribution in [0.1, 0.15) is 15.9 Å². The van der Waals surface area contributed by atoms with Crippen LogP contribution in [0.3, 0.4) is 0 Å². The molecular weight excluding hydrogens is 466 g/mol. The number of carbonyl (C=O) groups excluding carboxylic acids is 2. The van der Waals surface area contributed by atoms with E-state index in [2.05, 4.69) is 26.0 Å². The Morgan fingerprint density at radius 2 is 1.97 bits per heavy atom. The fraction of sp³-hybridized carbons (Fsp3) is 0.136. The number of nitrogens with zero attached hydrogens (tertiary/aromatic N) is 3. The Labute approximate surface area is 200 Å². The van der Waals surface area contributed by atoms with Crippen molar-refractivity contribution in [2.75, 3.05) is 12.4 Å². The second-order valence-corrected chi connectivity index (χ2v) is 7.28. The van der Waals surface area contributed by atoms with E-state index >= 15 is 0 Å². The highest BCUT2D eigenvalue weighted by atomic mass is 35.5. The highest BCUT2D eigenvalue weighted by molar-refractivity contribution is 7.12. The molecular formula is C22H21ClN5O4S+. The predicted octanol–water partition coefficient (Wildman–Crippen LogP) is 2.20. The summed E-state index contributed by atoms with van der Waals surface area (Å²) in [6.45, 7) is 0. The second-order valence-electron chi connectivity index (χ2n) is 6.51. The average Bonchev–Trinajstić information content (AvgIpc) is 3.32. The molecule has 11 heteroatoms. The number of hydrogen-bond acceptors (Lipinski definition) is 8. The number of phenols is 1. The highest BCUT2D eigenvalue weighted by Crippen LogP contribution is 2.26. The van der Waals surface area contributed by atoms with Crippen LogP contribution in [0.15, 0.2) is 60.8 Å². The van der Waals surface area contributed by atoms with Gasteiger partial charge in [-0.2, -0.15) is 0 Å². The van der Waals surface area contributed by atoms with Crippen LogP contribution in [0.25, 0.3) is 10.9 Å². The van der Waals surface area contributed by atoms with Gasteiger partial charge in [0, 0.05) is 29.3 Å². The lowest BCUT2D eigenvalue weighted by molar-refractivity contribution is -0.370. The van der Waals surface area contributed by atoms with Gasteiger partial charge in [-0.1, -0.05) is 42.5 Å². The number of nitrogens with two attached hydrogens (primary N) is 1. The lowest BCUT2D eigenvalue weighted by Gasteiger charge is -2.14. The smallest absolute Gasteiger partial charge is 0.426 e. The van der Waals surface area contributed by atoms with Gasteiger partial charge in [-0.05, 0) is 17.7 Å². The number of rotatable bonds is 6. The summed E-state index contributed by atoms with van der Waals surface area (Å²) >= 11 is 1.22. The number of amides is 1. The summed E-state index contributed by atoms with van der Waals surface area (Å²) in [5.74, 6) is -1.14. The first-order valence-electron chi connectivity index (χ1n) is 9.44. The maximum atomic E-state index is 11.7. The molecule has 4 aromatic rings. The zero-order chi connectivity index (χ0) is 22.9. The molecule has 1 amide bonds. The summed E-state index contributed by atoms with van der Waals surface area (Å²) in [6, 6.07) is 16.0. The van der Waals surface area contributed by atoms with Crippen molar-refractivity contribution >= 4 is 51.7 Å². The third-order valence-electron chi connectivity index (χ3n) is 4.40. The number of benzene rings is 2. The van der Waals surface area contributed by atoms with E-state index in [-0.39, 0.29) is 29.7 Å². The first-order valence-corrected chi connectivity index (χ1v) is 10.3. The van der Waals surface area contributed by atoms with Gasteiger partial charge in [-0.3, -0.25) is 9.78 Å². The van der Waals surface area contributed by atoms with Gasteiger partial charge >= 0.3 is 11.5 Å².